The minimum Gasteiger partial charge on any atom is -0.449 e. The van der Waals surface area contributed by atoms with Gasteiger partial charge in [0.05, 0.1) is 27.7 Å². The smallest absolute Gasteiger partial charge is 0.407 e. The predicted molar refractivity (Wildman–Crippen MR) is 164 cm³/mol. The Morgan fingerprint density at radius 3 is 2.54 bits per heavy atom. The van der Waals surface area contributed by atoms with Crippen molar-refractivity contribution in [1.82, 2.24) is 20.1 Å². The average molecular weight is 598 g/mol. The first-order valence-electron chi connectivity index (χ1n) is 14.5. The van der Waals surface area contributed by atoms with E-state index in [1.54, 1.807) is 6.20 Å². The van der Waals surface area contributed by atoms with E-state index in [9.17, 15) is 9.59 Å². The fourth-order valence-electron chi connectivity index (χ4n) is 6.13. The molecule has 0 bridgehead atoms. The Bertz CT molecular complexity index is 1380. The predicted octanol–water partition coefficient (Wildman–Crippen LogP) is 6.46. The van der Waals surface area contributed by atoms with E-state index in [1.165, 1.54) is 0 Å². The van der Waals surface area contributed by atoms with E-state index < -0.39 is 0 Å². The third-order valence-electron chi connectivity index (χ3n) is 8.35. The molecule has 7 nitrogen and oxygen atoms in total. The van der Waals surface area contributed by atoms with Gasteiger partial charge in [-0.05, 0) is 81.8 Å². The number of hydrogen-bond acceptors (Lipinski definition) is 5. The fraction of sp³-hybridized carbons (Fsp3) is 0.469. The van der Waals surface area contributed by atoms with Crippen LogP contribution in [0.15, 0.2) is 54.7 Å². The van der Waals surface area contributed by atoms with E-state index in [-0.39, 0.29) is 24.0 Å². The molecule has 3 heterocycles. The summed E-state index contributed by atoms with van der Waals surface area (Å²) in [6, 6.07) is 16.0. The van der Waals surface area contributed by atoms with Crippen molar-refractivity contribution in [3.63, 3.8) is 0 Å². The van der Waals surface area contributed by atoms with Crippen molar-refractivity contribution in [3.05, 3.63) is 75.9 Å². The largest absolute Gasteiger partial charge is 0.449 e. The first kappa shape index (κ1) is 29.6. The third kappa shape index (κ3) is 7.51. The zero-order valence-electron chi connectivity index (χ0n) is 23.7. The summed E-state index contributed by atoms with van der Waals surface area (Å²) in [4.78, 5) is 34.5. The molecule has 3 aromatic rings. The maximum atomic E-state index is 13.3. The molecule has 0 radical (unpaired) electrons. The summed E-state index contributed by atoms with van der Waals surface area (Å²) < 4.78 is 5.68. The van der Waals surface area contributed by atoms with Crippen LogP contribution in [0.1, 0.15) is 49.0 Å². The van der Waals surface area contributed by atoms with Gasteiger partial charge in [0, 0.05) is 49.2 Å². The number of nitrogens with zero attached hydrogens (tertiary/aromatic N) is 3. The van der Waals surface area contributed by atoms with Crippen molar-refractivity contribution in [2.75, 3.05) is 32.8 Å². The maximum absolute atomic E-state index is 13.3. The molecular formula is C32H38Cl2N4O3. The van der Waals surface area contributed by atoms with Gasteiger partial charge in [0.2, 0.25) is 0 Å². The zero-order valence-corrected chi connectivity index (χ0v) is 25.2. The number of rotatable bonds is 7. The number of carbonyl (C=O) groups is 2. The number of likely N-dealkylation sites (tertiary alicyclic amines) is 2. The number of para-hydroxylation sites is 1. The van der Waals surface area contributed by atoms with Gasteiger partial charge < -0.3 is 15.0 Å². The molecule has 2 atom stereocenters. The van der Waals surface area contributed by atoms with Crippen LogP contribution in [0.2, 0.25) is 10.0 Å². The molecule has 1 aromatic heterocycles. The highest BCUT2D eigenvalue weighted by atomic mass is 35.5. The number of fused-ring (bicyclic) bond motifs is 1. The SMILES string of the molecule is CC(C)NC(=O)OCC1CN(C2CCN(C(=O)c3cnc4ccccc4c3)CC2)CCC1Cc1ccc(Cl)c(Cl)c1. The first-order chi connectivity index (χ1) is 19.8. The van der Waals surface area contributed by atoms with E-state index >= 15 is 0 Å². The Kier molecular flexibility index (Phi) is 9.68. The summed E-state index contributed by atoms with van der Waals surface area (Å²) in [6.07, 6.45) is 5.02. The molecule has 2 saturated heterocycles. The van der Waals surface area contributed by atoms with Crippen molar-refractivity contribution >= 4 is 46.1 Å². The number of benzene rings is 2. The summed E-state index contributed by atoms with van der Waals surface area (Å²) >= 11 is 12.4. The van der Waals surface area contributed by atoms with E-state index in [0.717, 1.165) is 68.3 Å². The average Bonchev–Trinajstić information content (AvgIpc) is 2.97. The van der Waals surface area contributed by atoms with Crippen LogP contribution in [0.3, 0.4) is 0 Å². The molecule has 1 N–H and O–H groups in total. The second-order valence-corrected chi connectivity index (χ2v) is 12.4. The normalized spacial score (nSPS) is 20.4. The second kappa shape index (κ2) is 13.4. The number of piperidine rings is 2. The number of ether oxygens (including phenoxy) is 1. The van der Waals surface area contributed by atoms with Crippen LogP contribution in [-0.2, 0) is 11.2 Å². The molecule has 5 rings (SSSR count). The number of carbonyl (C=O) groups excluding carboxylic acids is 2. The lowest BCUT2D eigenvalue weighted by atomic mass is 9.80. The van der Waals surface area contributed by atoms with Crippen LogP contribution >= 0.6 is 23.2 Å². The lowest BCUT2D eigenvalue weighted by Crippen LogP contribution is -2.52. The maximum Gasteiger partial charge on any atom is 0.407 e. The van der Waals surface area contributed by atoms with Crippen molar-refractivity contribution in [3.8, 4) is 0 Å². The molecule has 2 amide bonds. The lowest BCUT2D eigenvalue weighted by Gasteiger charge is -2.45. The van der Waals surface area contributed by atoms with Gasteiger partial charge in [-0.2, -0.15) is 0 Å². The summed E-state index contributed by atoms with van der Waals surface area (Å²) in [7, 11) is 0. The summed E-state index contributed by atoms with van der Waals surface area (Å²) in [5.41, 5.74) is 2.68. The highest BCUT2D eigenvalue weighted by Gasteiger charge is 2.35. The second-order valence-electron chi connectivity index (χ2n) is 11.6. The van der Waals surface area contributed by atoms with Crippen molar-refractivity contribution in [2.24, 2.45) is 11.8 Å². The van der Waals surface area contributed by atoms with E-state index in [0.29, 0.717) is 34.2 Å². The third-order valence-corrected chi connectivity index (χ3v) is 9.08. The molecule has 2 aromatic carbocycles. The number of hydrogen-bond donors (Lipinski definition) is 1. The molecule has 0 saturated carbocycles. The lowest BCUT2D eigenvalue weighted by molar-refractivity contribution is 0.0187. The number of amides is 2. The standard InChI is InChI=1S/C32H38Cl2N4O3/c1-21(2)36-32(40)41-20-26-19-38(12-9-23(26)15-22-7-8-28(33)29(34)16-22)27-10-13-37(14-11-27)31(39)25-17-24-5-3-4-6-30(24)35-18-25/h3-8,16-18,21,23,26-27H,9-15,19-20H2,1-2H3,(H,36,40). The number of pyridine rings is 1. The molecule has 0 spiro atoms. The summed E-state index contributed by atoms with van der Waals surface area (Å²) in [5.74, 6) is 0.598. The van der Waals surface area contributed by atoms with Crippen molar-refractivity contribution in [1.29, 1.82) is 0 Å². The molecular weight excluding hydrogens is 559 g/mol. The molecule has 0 aliphatic carbocycles. The Labute approximate surface area is 252 Å². The summed E-state index contributed by atoms with van der Waals surface area (Å²) in [5, 5.41) is 4.92. The van der Waals surface area contributed by atoms with Crippen molar-refractivity contribution < 1.29 is 14.3 Å². The van der Waals surface area contributed by atoms with Gasteiger partial charge in [-0.15, -0.1) is 0 Å². The topological polar surface area (TPSA) is 74.8 Å². The number of alkyl carbamates (subject to hydrolysis) is 1. The van der Waals surface area contributed by atoms with Gasteiger partial charge >= 0.3 is 6.09 Å². The van der Waals surface area contributed by atoms with Crippen LogP contribution < -0.4 is 5.32 Å². The minimum absolute atomic E-state index is 0.0237. The van der Waals surface area contributed by atoms with Crippen molar-refractivity contribution in [2.45, 2.75) is 51.6 Å². The Morgan fingerprint density at radius 1 is 1.00 bits per heavy atom. The fourth-order valence-corrected chi connectivity index (χ4v) is 6.45. The highest BCUT2D eigenvalue weighted by Crippen LogP contribution is 2.32. The molecule has 2 aliphatic rings. The van der Waals surface area contributed by atoms with Gasteiger partial charge in [-0.1, -0.05) is 47.5 Å². The summed E-state index contributed by atoms with van der Waals surface area (Å²) in [6.45, 7) is 7.49. The molecule has 2 aliphatic heterocycles. The van der Waals surface area contributed by atoms with Gasteiger partial charge in [0.15, 0.2) is 0 Å². The molecule has 2 unspecified atom stereocenters. The molecule has 2 fully saturated rings. The van der Waals surface area contributed by atoms with Gasteiger partial charge in [0.1, 0.15) is 0 Å². The van der Waals surface area contributed by atoms with Crippen LogP contribution in [0.4, 0.5) is 4.79 Å². The van der Waals surface area contributed by atoms with Crippen LogP contribution in [0, 0.1) is 11.8 Å². The highest BCUT2D eigenvalue weighted by molar-refractivity contribution is 6.42. The minimum atomic E-state index is -0.375. The molecule has 41 heavy (non-hydrogen) atoms. The quantitative estimate of drug-likeness (QED) is 0.339. The molecule has 218 valence electrons. The van der Waals surface area contributed by atoms with Gasteiger partial charge in [-0.25, -0.2) is 4.79 Å². The number of aromatic nitrogens is 1. The number of nitrogens with one attached hydrogen (secondary N) is 1. The van der Waals surface area contributed by atoms with E-state index in [4.69, 9.17) is 27.9 Å². The van der Waals surface area contributed by atoms with Crippen LogP contribution in [0.5, 0.6) is 0 Å². The van der Waals surface area contributed by atoms with Gasteiger partial charge in [-0.3, -0.25) is 14.7 Å². The Balaban J connectivity index is 1.20. The van der Waals surface area contributed by atoms with Gasteiger partial charge in [0.25, 0.3) is 5.91 Å². The molecule has 9 heteroatoms. The monoisotopic (exact) mass is 596 g/mol. The van der Waals surface area contributed by atoms with Crippen LogP contribution in [0.25, 0.3) is 10.9 Å². The number of halogens is 2. The first-order valence-corrected chi connectivity index (χ1v) is 15.3. The van der Waals surface area contributed by atoms with E-state index in [2.05, 4.69) is 15.2 Å². The Hall–Kier alpha value is -2.87. The zero-order chi connectivity index (χ0) is 28.9. The van der Waals surface area contributed by atoms with Crippen LogP contribution in [-0.4, -0.2) is 71.7 Å². The Morgan fingerprint density at radius 2 is 1.78 bits per heavy atom. The van der Waals surface area contributed by atoms with E-state index in [1.807, 2.05) is 67.3 Å².